The summed E-state index contributed by atoms with van der Waals surface area (Å²) in [6.07, 6.45) is 1.28. The van der Waals surface area contributed by atoms with Crippen LogP contribution in [0.4, 0.5) is 5.69 Å². The lowest BCUT2D eigenvalue weighted by Crippen LogP contribution is -2.22. The Bertz CT molecular complexity index is 464. The van der Waals surface area contributed by atoms with Gasteiger partial charge in [0.15, 0.2) is 0 Å². The van der Waals surface area contributed by atoms with Crippen molar-refractivity contribution in [3.63, 3.8) is 0 Å². The molecule has 1 aliphatic rings. The number of thiocarbonyl (C=S) groups is 1. The molecule has 0 aliphatic carbocycles. The highest BCUT2D eigenvalue weighted by molar-refractivity contribution is 9.10. The summed E-state index contributed by atoms with van der Waals surface area (Å²) in [5, 5.41) is 3.51. The molecule has 1 aliphatic heterocycles. The number of halogens is 1. The summed E-state index contributed by atoms with van der Waals surface area (Å²) < 4.78 is 1.02. The number of anilines is 1. The summed E-state index contributed by atoms with van der Waals surface area (Å²) in [5.74, 6) is 0.738. The molecule has 1 heterocycles. The molecule has 3 nitrogen and oxygen atoms in total. The van der Waals surface area contributed by atoms with E-state index >= 15 is 0 Å². The van der Waals surface area contributed by atoms with Crippen molar-refractivity contribution < 1.29 is 0 Å². The van der Waals surface area contributed by atoms with Gasteiger partial charge in [-0.1, -0.05) is 19.1 Å². The molecule has 19 heavy (non-hydrogen) atoms. The van der Waals surface area contributed by atoms with Crippen molar-refractivity contribution >= 4 is 38.8 Å². The molecular formula is C14H20BrN3S. The van der Waals surface area contributed by atoms with Crippen molar-refractivity contribution in [1.29, 1.82) is 0 Å². The van der Waals surface area contributed by atoms with Crippen molar-refractivity contribution in [2.24, 2.45) is 11.7 Å². The Morgan fingerprint density at radius 3 is 2.95 bits per heavy atom. The summed E-state index contributed by atoms with van der Waals surface area (Å²) in [5.41, 5.74) is 7.62. The maximum Gasteiger partial charge on any atom is 0.104 e. The van der Waals surface area contributed by atoms with Gasteiger partial charge in [-0.2, -0.15) is 0 Å². The fraction of sp³-hybridized carbons (Fsp3) is 0.500. The first-order chi connectivity index (χ1) is 9.10. The van der Waals surface area contributed by atoms with E-state index in [2.05, 4.69) is 33.1 Å². The molecule has 0 saturated carbocycles. The van der Waals surface area contributed by atoms with E-state index in [1.54, 1.807) is 0 Å². The normalized spacial score (nSPS) is 19.6. The molecule has 0 aromatic heterocycles. The van der Waals surface area contributed by atoms with Crippen molar-refractivity contribution in [2.45, 2.75) is 13.3 Å². The summed E-state index contributed by atoms with van der Waals surface area (Å²) in [6.45, 7) is 6.82. The molecule has 1 aromatic carbocycles. The number of hydrogen-bond donors (Lipinski definition) is 2. The first-order valence-corrected chi connectivity index (χ1v) is 7.86. The second-order valence-electron chi connectivity index (χ2n) is 4.99. The predicted molar refractivity (Wildman–Crippen MR) is 88.7 cm³/mol. The molecule has 0 radical (unpaired) electrons. The lowest BCUT2D eigenvalue weighted by atomic mass is 10.1. The maximum absolute atomic E-state index is 5.62. The van der Waals surface area contributed by atoms with Gasteiger partial charge in [-0.3, -0.25) is 0 Å². The number of nitrogens with two attached hydrogens (primary N) is 1. The van der Waals surface area contributed by atoms with Gasteiger partial charge >= 0.3 is 0 Å². The molecule has 1 atom stereocenters. The van der Waals surface area contributed by atoms with Crippen molar-refractivity contribution in [3.05, 3.63) is 28.2 Å². The Kier molecular flexibility index (Phi) is 5.19. The van der Waals surface area contributed by atoms with Crippen LogP contribution >= 0.6 is 28.1 Å². The van der Waals surface area contributed by atoms with E-state index < -0.39 is 0 Å². The van der Waals surface area contributed by atoms with Crippen LogP contribution in [0.15, 0.2) is 22.7 Å². The average molecular weight is 342 g/mol. The standard InChI is InChI=1S/C14H20BrN3S/c1-2-18-6-5-10(9-18)8-17-13-4-3-11(14(16)19)7-12(13)15/h3-4,7,10,17H,2,5-6,8-9H2,1H3,(H2,16,19). The van der Waals surface area contributed by atoms with Crippen LogP contribution in [0, 0.1) is 5.92 Å². The molecule has 0 amide bonds. The van der Waals surface area contributed by atoms with Crippen LogP contribution in [0.1, 0.15) is 18.9 Å². The zero-order chi connectivity index (χ0) is 13.8. The zero-order valence-corrected chi connectivity index (χ0v) is 13.6. The van der Waals surface area contributed by atoms with Gasteiger partial charge in [0.05, 0.1) is 0 Å². The van der Waals surface area contributed by atoms with Gasteiger partial charge in [0, 0.05) is 28.8 Å². The summed E-state index contributed by atoms with van der Waals surface area (Å²) in [4.78, 5) is 2.93. The minimum atomic E-state index is 0.432. The van der Waals surface area contributed by atoms with E-state index in [0.717, 1.165) is 34.7 Å². The predicted octanol–water partition coefficient (Wildman–Crippen LogP) is 2.84. The van der Waals surface area contributed by atoms with Crippen LogP contribution in [0.25, 0.3) is 0 Å². The van der Waals surface area contributed by atoms with Gasteiger partial charge in [0.1, 0.15) is 4.99 Å². The van der Waals surface area contributed by atoms with Crippen molar-refractivity contribution in [1.82, 2.24) is 4.90 Å². The van der Waals surface area contributed by atoms with Gasteiger partial charge in [-0.25, -0.2) is 0 Å². The second kappa shape index (κ2) is 6.68. The first-order valence-electron chi connectivity index (χ1n) is 6.65. The fourth-order valence-electron chi connectivity index (χ4n) is 2.43. The Morgan fingerprint density at radius 2 is 2.37 bits per heavy atom. The van der Waals surface area contributed by atoms with Crippen LogP contribution in [0.3, 0.4) is 0 Å². The molecule has 1 fully saturated rings. The van der Waals surface area contributed by atoms with Gasteiger partial charge < -0.3 is 16.0 Å². The number of benzene rings is 1. The van der Waals surface area contributed by atoms with Crippen LogP contribution in [-0.4, -0.2) is 36.1 Å². The fourth-order valence-corrected chi connectivity index (χ4v) is 3.08. The van der Waals surface area contributed by atoms with E-state index in [-0.39, 0.29) is 0 Å². The SMILES string of the molecule is CCN1CCC(CNc2ccc(C(N)=S)cc2Br)C1. The molecule has 0 bridgehead atoms. The van der Waals surface area contributed by atoms with E-state index in [4.69, 9.17) is 18.0 Å². The number of nitrogens with one attached hydrogen (secondary N) is 1. The van der Waals surface area contributed by atoms with E-state index in [0.29, 0.717) is 4.99 Å². The highest BCUT2D eigenvalue weighted by Gasteiger charge is 2.20. The van der Waals surface area contributed by atoms with Crippen LogP contribution in [0.2, 0.25) is 0 Å². The van der Waals surface area contributed by atoms with Crippen molar-refractivity contribution in [2.75, 3.05) is 31.5 Å². The summed E-state index contributed by atoms with van der Waals surface area (Å²) >= 11 is 8.54. The lowest BCUT2D eigenvalue weighted by Gasteiger charge is -2.15. The number of nitrogens with zero attached hydrogens (tertiary/aromatic N) is 1. The molecule has 2 rings (SSSR count). The molecule has 104 valence electrons. The lowest BCUT2D eigenvalue weighted by molar-refractivity contribution is 0.345. The monoisotopic (exact) mass is 341 g/mol. The third-order valence-electron chi connectivity index (χ3n) is 3.65. The Hall–Kier alpha value is -0.650. The summed E-state index contributed by atoms with van der Waals surface area (Å²) in [7, 11) is 0. The average Bonchev–Trinajstić information content (AvgIpc) is 2.85. The molecule has 0 spiro atoms. The minimum Gasteiger partial charge on any atom is -0.389 e. The Morgan fingerprint density at radius 1 is 1.58 bits per heavy atom. The smallest absolute Gasteiger partial charge is 0.104 e. The van der Waals surface area contributed by atoms with E-state index in [1.165, 1.54) is 19.5 Å². The van der Waals surface area contributed by atoms with Crippen LogP contribution in [-0.2, 0) is 0 Å². The maximum atomic E-state index is 5.62. The molecule has 1 unspecified atom stereocenters. The van der Waals surface area contributed by atoms with E-state index in [9.17, 15) is 0 Å². The second-order valence-corrected chi connectivity index (χ2v) is 6.28. The van der Waals surface area contributed by atoms with Crippen LogP contribution in [0.5, 0.6) is 0 Å². The first kappa shape index (κ1) is 14.8. The Labute approximate surface area is 128 Å². The minimum absolute atomic E-state index is 0.432. The number of likely N-dealkylation sites (tertiary alicyclic amines) is 1. The van der Waals surface area contributed by atoms with E-state index in [1.807, 2.05) is 18.2 Å². The molecule has 1 aromatic rings. The highest BCUT2D eigenvalue weighted by Crippen LogP contribution is 2.25. The largest absolute Gasteiger partial charge is 0.389 e. The third-order valence-corrected chi connectivity index (χ3v) is 4.54. The number of hydrogen-bond acceptors (Lipinski definition) is 3. The molecule has 3 N–H and O–H groups in total. The van der Waals surface area contributed by atoms with Crippen molar-refractivity contribution in [3.8, 4) is 0 Å². The molecule has 5 heteroatoms. The van der Waals surface area contributed by atoms with Gasteiger partial charge in [-0.15, -0.1) is 0 Å². The number of rotatable bonds is 5. The molecular weight excluding hydrogens is 322 g/mol. The van der Waals surface area contributed by atoms with Crippen LogP contribution < -0.4 is 11.1 Å². The van der Waals surface area contributed by atoms with Gasteiger partial charge in [0.2, 0.25) is 0 Å². The quantitative estimate of drug-likeness (QED) is 0.808. The highest BCUT2D eigenvalue weighted by atomic mass is 79.9. The van der Waals surface area contributed by atoms with Gasteiger partial charge in [0.25, 0.3) is 0 Å². The zero-order valence-electron chi connectivity index (χ0n) is 11.2. The summed E-state index contributed by atoms with van der Waals surface area (Å²) in [6, 6.07) is 5.96. The Balaban J connectivity index is 1.91. The third kappa shape index (κ3) is 3.91. The molecule has 1 saturated heterocycles. The van der Waals surface area contributed by atoms with Gasteiger partial charge in [-0.05, 0) is 59.6 Å². The topological polar surface area (TPSA) is 41.3 Å².